The summed E-state index contributed by atoms with van der Waals surface area (Å²) < 4.78 is 17.0. The number of nitrogens with zero attached hydrogens (tertiary/aromatic N) is 1. The van der Waals surface area contributed by atoms with Crippen molar-refractivity contribution >= 4 is 0 Å². The standard InChI is InChI=1S/C15H19N2O3/c1-4-18-11-7-13(19-5-2)15(12-9-16-10-17-12)14(8-11)20-6-3/h7-9H,4-6H2,1-3H3,(H,16,17). The molecule has 1 radical (unpaired) electrons. The van der Waals surface area contributed by atoms with Crippen LogP contribution < -0.4 is 14.2 Å². The molecule has 0 amide bonds. The molecule has 0 fully saturated rings. The van der Waals surface area contributed by atoms with Gasteiger partial charge >= 0.3 is 0 Å². The lowest BCUT2D eigenvalue weighted by Crippen LogP contribution is -2.01. The molecule has 0 unspecified atom stereocenters. The van der Waals surface area contributed by atoms with Crippen LogP contribution in [0, 0.1) is 6.33 Å². The lowest BCUT2D eigenvalue weighted by Gasteiger charge is -2.16. The average molecular weight is 275 g/mol. The molecular formula is C15H19N2O3. The van der Waals surface area contributed by atoms with Gasteiger partial charge in [-0.15, -0.1) is 0 Å². The van der Waals surface area contributed by atoms with E-state index in [4.69, 9.17) is 14.2 Å². The summed E-state index contributed by atoms with van der Waals surface area (Å²) in [6.07, 6.45) is 4.38. The summed E-state index contributed by atoms with van der Waals surface area (Å²) in [5.74, 6) is 2.14. The van der Waals surface area contributed by atoms with Crippen LogP contribution in [0.4, 0.5) is 0 Å². The molecule has 5 nitrogen and oxygen atoms in total. The first-order valence-corrected chi connectivity index (χ1v) is 6.77. The van der Waals surface area contributed by atoms with E-state index in [2.05, 4.69) is 16.3 Å². The SMILES string of the molecule is CCOc1cc(OCC)c(-c2cn[c][nH]2)c(OCC)c1. The van der Waals surface area contributed by atoms with Gasteiger partial charge in [-0.25, -0.2) is 4.98 Å². The van der Waals surface area contributed by atoms with Gasteiger partial charge in [-0.3, -0.25) is 0 Å². The highest BCUT2D eigenvalue weighted by atomic mass is 16.5. The Balaban J connectivity index is 2.54. The zero-order valence-corrected chi connectivity index (χ0v) is 12.0. The summed E-state index contributed by atoms with van der Waals surface area (Å²) >= 11 is 0. The number of nitrogens with one attached hydrogen (secondary N) is 1. The highest BCUT2D eigenvalue weighted by Crippen LogP contribution is 2.41. The Labute approximate surface area is 118 Å². The number of aromatic amines is 1. The molecule has 0 aliphatic heterocycles. The van der Waals surface area contributed by atoms with Gasteiger partial charge in [-0.1, -0.05) is 0 Å². The van der Waals surface area contributed by atoms with Crippen molar-refractivity contribution in [2.24, 2.45) is 0 Å². The molecule has 1 N–H and O–H groups in total. The summed E-state index contributed by atoms with van der Waals surface area (Å²) in [6.45, 7) is 7.54. The molecule has 107 valence electrons. The number of ether oxygens (including phenoxy) is 3. The van der Waals surface area contributed by atoms with Crippen LogP contribution in [0.5, 0.6) is 17.2 Å². The fourth-order valence-electron chi connectivity index (χ4n) is 1.97. The van der Waals surface area contributed by atoms with Gasteiger partial charge in [0.25, 0.3) is 0 Å². The first-order chi connectivity index (χ1) is 9.80. The molecule has 0 aliphatic rings. The Kier molecular flexibility index (Phi) is 4.87. The lowest BCUT2D eigenvalue weighted by atomic mass is 10.1. The smallest absolute Gasteiger partial charge is 0.174 e. The van der Waals surface area contributed by atoms with E-state index in [-0.39, 0.29) is 0 Å². The molecule has 0 spiro atoms. The molecule has 5 heteroatoms. The normalized spacial score (nSPS) is 10.3. The van der Waals surface area contributed by atoms with Crippen LogP contribution in [0.2, 0.25) is 0 Å². The molecular weight excluding hydrogens is 256 g/mol. The van der Waals surface area contributed by atoms with Gasteiger partial charge in [0.05, 0.1) is 37.3 Å². The zero-order chi connectivity index (χ0) is 14.4. The minimum absolute atomic E-state index is 0.562. The molecule has 1 aromatic carbocycles. The second kappa shape index (κ2) is 6.84. The third-order valence-corrected chi connectivity index (χ3v) is 2.67. The summed E-state index contributed by atoms with van der Waals surface area (Å²) in [6, 6.07) is 3.73. The highest BCUT2D eigenvalue weighted by molar-refractivity contribution is 5.75. The highest BCUT2D eigenvalue weighted by Gasteiger charge is 2.17. The Morgan fingerprint density at radius 2 is 1.60 bits per heavy atom. The van der Waals surface area contributed by atoms with Crippen LogP contribution >= 0.6 is 0 Å². The number of hydrogen-bond acceptors (Lipinski definition) is 4. The maximum Gasteiger partial charge on any atom is 0.174 e. The summed E-state index contributed by atoms with van der Waals surface area (Å²) in [7, 11) is 0. The van der Waals surface area contributed by atoms with Crippen molar-refractivity contribution in [3.8, 4) is 28.5 Å². The van der Waals surface area contributed by atoms with Crippen LogP contribution in [0.15, 0.2) is 18.3 Å². The van der Waals surface area contributed by atoms with Gasteiger partial charge in [0, 0.05) is 12.1 Å². The van der Waals surface area contributed by atoms with Crippen molar-refractivity contribution < 1.29 is 14.2 Å². The molecule has 2 aromatic rings. The molecule has 0 bridgehead atoms. The van der Waals surface area contributed by atoms with Gasteiger partial charge in [0.2, 0.25) is 0 Å². The maximum atomic E-state index is 5.71. The van der Waals surface area contributed by atoms with E-state index in [1.807, 2.05) is 32.9 Å². The van der Waals surface area contributed by atoms with E-state index in [1.165, 1.54) is 0 Å². The Hall–Kier alpha value is -2.17. The minimum atomic E-state index is 0.562. The largest absolute Gasteiger partial charge is 0.494 e. The van der Waals surface area contributed by atoms with Crippen molar-refractivity contribution in [3.63, 3.8) is 0 Å². The number of H-pyrrole nitrogens is 1. The molecule has 0 atom stereocenters. The van der Waals surface area contributed by atoms with Crippen molar-refractivity contribution in [2.75, 3.05) is 19.8 Å². The second-order valence-electron chi connectivity index (χ2n) is 4.00. The summed E-state index contributed by atoms with van der Waals surface area (Å²) in [5, 5.41) is 0. The molecule has 1 aromatic heterocycles. The van der Waals surface area contributed by atoms with Crippen LogP contribution in [0.25, 0.3) is 11.3 Å². The van der Waals surface area contributed by atoms with Gasteiger partial charge in [-0.05, 0) is 20.8 Å². The van der Waals surface area contributed by atoms with E-state index in [0.29, 0.717) is 31.3 Å². The van der Waals surface area contributed by atoms with E-state index < -0.39 is 0 Å². The number of benzene rings is 1. The summed E-state index contributed by atoms with van der Waals surface area (Å²) in [5.41, 5.74) is 1.64. The van der Waals surface area contributed by atoms with Crippen molar-refractivity contribution in [1.29, 1.82) is 0 Å². The fourth-order valence-corrected chi connectivity index (χ4v) is 1.97. The predicted octanol–water partition coefficient (Wildman–Crippen LogP) is 3.07. The monoisotopic (exact) mass is 275 g/mol. The first kappa shape index (κ1) is 14.2. The molecule has 0 aliphatic carbocycles. The van der Waals surface area contributed by atoms with Crippen LogP contribution in [0.1, 0.15) is 20.8 Å². The van der Waals surface area contributed by atoms with E-state index in [0.717, 1.165) is 17.0 Å². The Morgan fingerprint density at radius 1 is 1.00 bits per heavy atom. The van der Waals surface area contributed by atoms with Gasteiger partial charge < -0.3 is 19.2 Å². The van der Waals surface area contributed by atoms with Crippen LogP contribution in [0.3, 0.4) is 0 Å². The zero-order valence-electron chi connectivity index (χ0n) is 12.0. The topological polar surface area (TPSA) is 56.4 Å². The van der Waals surface area contributed by atoms with Gasteiger partial charge in [-0.2, -0.15) is 0 Å². The summed E-state index contributed by atoms with van der Waals surface area (Å²) in [4.78, 5) is 6.90. The van der Waals surface area contributed by atoms with E-state index >= 15 is 0 Å². The average Bonchev–Trinajstić information content (AvgIpc) is 2.93. The number of imidazole rings is 1. The Morgan fingerprint density at radius 3 is 2.05 bits per heavy atom. The number of hydrogen-bond donors (Lipinski definition) is 1. The molecule has 20 heavy (non-hydrogen) atoms. The maximum absolute atomic E-state index is 5.71. The quantitative estimate of drug-likeness (QED) is 0.843. The number of rotatable bonds is 7. The molecule has 0 saturated carbocycles. The van der Waals surface area contributed by atoms with Crippen molar-refractivity contribution in [1.82, 2.24) is 9.97 Å². The second-order valence-corrected chi connectivity index (χ2v) is 4.00. The van der Waals surface area contributed by atoms with Gasteiger partial charge in [0.15, 0.2) is 6.33 Å². The number of aromatic nitrogens is 2. The van der Waals surface area contributed by atoms with Crippen molar-refractivity contribution in [2.45, 2.75) is 20.8 Å². The van der Waals surface area contributed by atoms with Crippen LogP contribution in [-0.2, 0) is 0 Å². The predicted molar refractivity (Wildman–Crippen MR) is 76.4 cm³/mol. The minimum Gasteiger partial charge on any atom is -0.494 e. The molecule has 2 rings (SSSR count). The first-order valence-electron chi connectivity index (χ1n) is 6.77. The third kappa shape index (κ3) is 3.04. The van der Waals surface area contributed by atoms with Gasteiger partial charge in [0.1, 0.15) is 17.2 Å². The Bertz CT molecular complexity index is 511. The lowest BCUT2D eigenvalue weighted by molar-refractivity contribution is 0.309. The third-order valence-electron chi connectivity index (χ3n) is 2.67. The molecule has 1 heterocycles. The fraction of sp³-hybridized carbons (Fsp3) is 0.400. The molecule has 0 saturated heterocycles. The van der Waals surface area contributed by atoms with E-state index in [1.54, 1.807) is 6.20 Å². The van der Waals surface area contributed by atoms with Crippen molar-refractivity contribution in [3.05, 3.63) is 24.7 Å². The van der Waals surface area contributed by atoms with E-state index in [9.17, 15) is 0 Å². The van der Waals surface area contributed by atoms with Crippen LogP contribution in [-0.4, -0.2) is 29.8 Å².